The molecule has 1 aliphatic rings. The number of hydroxylamine groups is 1. The van der Waals surface area contributed by atoms with E-state index in [1.165, 1.54) is 30.3 Å². The van der Waals surface area contributed by atoms with Gasteiger partial charge in [0, 0.05) is 37.4 Å². The van der Waals surface area contributed by atoms with Crippen LogP contribution in [0.5, 0.6) is 0 Å². The molecule has 0 spiro atoms. The third-order valence-electron chi connectivity index (χ3n) is 4.97. The van der Waals surface area contributed by atoms with E-state index in [1.54, 1.807) is 18.3 Å². The van der Waals surface area contributed by atoms with Gasteiger partial charge in [0.15, 0.2) is 6.29 Å². The molecule has 0 radical (unpaired) electrons. The lowest BCUT2D eigenvalue weighted by atomic mass is 10.0. The van der Waals surface area contributed by atoms with E-state index < -0.39 is 23.6 Å². The normalized spacial score (nSPS) is 16.3. The van der Waals surface area contributed by atoms with Crippen molar-refractivity contribution in [2.24, 2.45) is 0 Å². The molecular formula is C24H28ClFN4O4. The maximum atomic E-state index is 13.1. The van der Waals surface area contributed by atoms with Gasteiger partial charge in [0.05, 0.1) is 10.6 Å². The molecule has 1 unspecified atom stereocenters. The first kappa shape index (κ1) is 25.6. The summed E-state index contributed by atoms with van der Waals surface area (Å²) < 4.78 is 18.4. The minimum absolute atomic E-state index is 0.316. The van der Waals surface area contributed by atoms with Crippen LogP contribution in [0.4, 0.5) is 10.2 Å². The predicted molar refractivity (Wildman–Crippen MR) is 128 cm³/mol. The molecule has 8 nitrogen and oxygen atoms in total. The maximum Gasteiger partial charge on any atom is 0.267 e. The Morgan fingerprint density at radius 3 is 2.74 bits per heavy atom. The number of hydrogen-bond donors (Lipinski definition) is 3. The van der Waals surface area contributed by atoms with Crippen LogP contribution < -0.4 is 16.1 Å². The van der Waals surface area contributed by atoms with Gasteiger partial charge in [-0.1, -0.05) is 11.6 Å². The summed E-state index contributed by atoms with van der Waals surface area (Å²) in [4.78, 5) is 33.9. The Labute approximate surface area is 202 Å². The van der Waals surface area contributed by atoms with Gasteiger partial charge in [-0.2, -0.15) is 0 Å². The lowest BCUT2D eigenvalue weighted by Crippen LogP contribution is -2.48. The van der Waals surface area contributed by atoms with Gasteiger partial charge < -0.3 is 15.4 Å². The summed E-state index contributed by atoms with van der Waals surface area (Å²) in [6.45, 7) is 4.64. The van der Waals surface area contributed by atoms with Crippen LogP contribution in [-0.2, 0) is 14.4 Å². The molecule has 1 atom stereocenters. The van der Waals surface area contributed by atoms with Crippen LogP contribution in [0.25, 0.3) is 6.08 Å². The number of carbonyl (C=O) groups excluding carboxylic acids is 2. The van der Waals surface area contributed by atoms with Crippen molar-refractivity contribution in [2.75, 3.05) is 18.5 Å². The monoisotopic (exact) mass is 490 g/mol. The quantitative estimate of drug-likeness (QED) is 0.361. The lowest BCUT2D eigenvalue weighted by Gasteiger charge is -2.27. The van der Waals surface area contributed by atoms with Crippen molar-refractivity contribution in [1.82, 2.24) is 15.8 Å². The summed E-state index contributed by atoms with van der Waals surface area (Å²) in [5.41, 5.74) is 2.69. The molecule has 3 rings (SSSR count). The molecule has 2 heterocycles. The number of pyridine rings is 1. The number of anilines is 1. The SMILES string of the molecule is CC(C)(CNc1ncc(C=CC(=O)NOC2CCCCO2)cc1Cl)NC(=O)c1ccc(F)cc1. The van der Waals surface area contributed by atoms with E-state index in [2.05, 4.69) is 21.1 Å². The second-order valence-corrected chi connectivity index (χ2v) is 8.92. The third-order valence-corrected chi connectivity index (χ3v) is 5.26. The standard InChI is InChI=1S/C24H28ClFN4O4/c1-24(2,29-23(32)17-7-9-18(26)10-8-17)15-28-22-19(25)13-16(14-27-22)6-11-20(31)30-34-21-5-3-4-12-33-21/h6-11,13-14,21H,3-5,12,15H2,1-2H3,(H,27,28)(H,29,32)(H,30,31). The fraction of sp³-hybridized carbons (Fsp3) is 0.375. The van der Waals surface area contributed by atoms with Crippen molar-refractivity contribution in [3.63, 3.8) is 0 Å². The van der Waals surface area contributed by atoms with Crippen LogP contribution >= 0.6 is 11.6 Å². The van der Waals surface area contributed by atoms with Crippen molar-refractivity contribution in [3.8, 4) is 0 Å². The molecule has 3 N–H and O–H groups in total. The Morgan fingerprint density at radius 1 is 1.29 bits per heavy atom. The fourth-order valence-corrected chi connectivity index (χ4v) is 3.38. The van der Waals surface area contributed by atoms with Crippen LogP contribution in [0.1, 0.15) is 49.0 Å². The summed E-state index contributed by atoms with van der Waals surface area (Å²) in [5.74, 6) is -0.709. The predicted octanol–water partition coefficient (Wildman–Crippen LogP) is 4.08. The Morgan fingerprint density at radius 2 is 2.06 bits per heavy atom. The molecular weight excluding hydrogens is 463 g/mol. The minimum atomic E-state index is -0.644. The van der Waals surface area contributed by atoms with E-state index in [1.807, 2.05) is 13.8 Å². The first-order valence-electron chi connectivity index (χ1n) is 10.9. The fourth-order valence-electron chi connectivity index (χ4n) is 3.14. The molecule has 1 aromatic carbocycles. The second-order valence-electron chi connectivity index (χ2n) is 8.51. The van der Waals surface area contributed by atoms with Gasteiger partial charge in [-0.25, -0.2) is 19.7 Å². The summed E-state index contributed by atoms with van der Waals surface area (Å²) in [5, 5.41) is 6.36. The van der Waals surface area contributed by atoms with Gasteiger partial charge in [0.25, 0.3) is 11.8 Å². The smallest absolute Gasteiger partial charge is 0.267 e. The highest BCUT2D eigenvalue weighted by Gasteiger charge is 2.22. The lowest BCUT2D eigenvalue weighted by molar-refractivity contribution is -0.198. The van der Waals surface area contributed by atoms with Gasteiger partial charge in [-0.3, -0.25) is 9.59 Å². The minimum Gasteiger partial charge on any atom is -0.367 e. The number of ether oxygens (including phenoxy) is 1. The van der Waals surface area contributed by atoms with E-state index in [0.29, 0.717) is 35.1 Å². The van der Waals surface area contributed by atoms with Crippen molar-refractivity contribution < 1.29 is 23.6 Å². The van der Waals surface area contributed by atoms with Crippen LogP contribution in [0.2, 0.25) is 5.02 Å². The summed E-state index contributed by atoms with van der Waals surface area (Å²) in [7, 11) is 0. The number of rotatable bonds is 9. The summed E-state index contributed by atoms with van der Waals surface area (Å²) in [6, 6.07) is 6.99. The van der Waals surface area contributed by atoms with Crippen molar-refractivity contribution in [3.05, 3.63) is 64.6 Å². The number of carbonyl (C=O) groups is 2. The van der Waals surface area contributed by atoms with Gasteiger partial charge in [0.2, 0.25) is 0 Å². The first-order valence-corrected chi connectivity index (χ1v) is 11.3. The van der Waals surface area contributed by atoms with Gasteiger partial charge >= 0.3 is 0 Å². The largest absolute Gasteiger partial charge is 0.367 e. The van der Waals surface area contributed by atoms with E-state index in [0.717, 1.165) is 19.3 Å². The number of hydrogen-bond acceptors (Lipinski definition) is 6. The molecule has 34 heavy (non-hydrogen) atoms. The van der Waals surface area contributed by atoms with Crippen LogP contribution in [0, 0.1) is 5.82 Å². The Kier molecular flexibility index (Phi) is 8.98. The average Bonchev–Trinajstić information content (AvgIpc) is 2.81. The number of benzene rings is 1. The Bertz CT molecular complexity index is 1020. The number of amides is 2. The zero-order valence-corrected chi connectivity index (χ0v) is 19.8. The molecule has 1 aromatic heterocycles. The zero-order chi connectivity index (χ0) is 24.6. The topological polar surface area (TPSA) is 102 Å². The molecule has 0 saturated carbocycles. The molecule has 0 aliphatic carbocycles. The maximum absolute atomic E-state index is 13.1. The molecule has 1 fully saturated rings. The van der Waals surface area contributed by atoms with Gasteiger partial charge in [-0.15, -0.1) is 0 Å². The van der Waals surface area contributed by atoms with Crippen molar-refractivity contribution in [1.29, 1.82) is 0 Å². The van der Waals surface area contributed by atoms with Crippen LogP contribution in [0.15, 0.2) is 42.6 Å². The molecule has 10 heteroatoms. The molecule has 2 aromatic rings. The van der Waals surface area contributed by atoms with E-state index in [4.69, 9.17) is 21.2 Å². The molecule has 1 saturated heterocycles. The van der Waals surface area contributed by atoms with Crippen molar-refractivity contribution >= 4 is 35.3 Å². The number of aromatic nitrogens is 1. The zero-order valence-electron chi connectivity index (χ0n) is 19.1. The number of nitrogens with zero attached hydrogens (tertiary/aromatic N) is 1. The summed E-state index contributed by atoms with van der Waals surface area (Å²) >= 11 is 6.33. The number of halogens is 2. The van der Waals surface area contributed by atoms with Crippen LogP contribution in [-0.4, -0.2) is 41.8 Å². The highest BCUT2D eigenvalue weighted by molar-refractivity contribution is 6.33. The first-order chi connectivity index (χ1) is 16.2. The highest BCUT2D eigenvalue weighted by Crippen LogP contribution is 2.21. The average molecular weight is 491 g/mol. The summed E-state index contributed by atoms with van der Waals surface area (Å²) in [6.07, 6.45) is 6.76. The molecule has 182 valence electrons. The van der Waals surface area contributed by atoms with Crippen LogP contribution in [0.3, 0.4) is 0 Å². The second kappa shape index (κ2) is 11.9. The third kappa shape index (κ3) is 8.09. The molecule has 2 amide bonds. The number of nitrogens with one attached hydrogen (secondary N) is 3. The van der Waals surface area contributed by atoms with E-state index in [9.17, 15) is 14.0 Å². The van der Waals surface area contributed by atoms with Gasteiger partial charge in [0.1, 0.15) is 11.6 Å². The molecule has 0 bridgehead atoms. The van der Waals surface area contributed by atoms with E-state index in [-0.39, 0.29) is 5.91 Å². The molecule has 1 aliphatic heterocycles. The Balaban J connectivity index is 1.49. The Hall–Kier alpha value is -3.01. The van der Waals surface area contributed by atoms with E-state index >= 15 is 0 Å². The van der Waals surface area contributed by atoms with Gasteiger partial charge in [-0.05, 0) is 68.7 Å². The van der Waals surface area contributed by atoms with Crippen molar-refractivity contribution in [2.45, 2.75) is 44.9 Å². The highest BCUT2D eigenvalue weighted by atomic mass is 35.5.